The SMILES string of the molecule is CCC[C@@H](I)[C@H]1CC[C@H]([C@H](CCC=O)OCc2ccccc2)O1. The van der Waals surface area contributed by atoms with Gasteiger partial charge in [-0.1, -0.05) is 66.3 Å². The number of carbonyl (C=O) groups excluding carboxylic acids is 1. The summed E-state index contributed by atoms with van der Waals surface area (Å²) in [4.78, 5) is 10.8. The molecule has 1 fully saturated rings. The highest BCUT2D eigenvalue weighted by Gasteiger charge is 2.34. The molecule has 3 nitrogen and oxygen atoms in total. The summed E-state index contributed by atoms with van der Waals surface area (Å²) in [7, 11) is 0. The zero-order valence-electron chi connectivity index (χ0n) is 13.8. The van der Waals surface area contributed by atoms with Crippen LogP contribution < -0.4 is 0 Å². The third-order valence-electron chi connectivity index (χ3n) is 4.34. The van der Waals surface area contributed by atoms with E-state index in [-0.39, 0.29) is 12.2 Å². The molecule has 0 aromatic heterocycles. The summed E-state index contributed by atoms with van der Waals surface area (Å²) < 4.78 is 13.0. The lowest BCUT2D eigenvalue weighted by molar-refractivity contribution is -0.110. The van der Waals surface area contributed by atoms with Crippen LogP contribution in [-0.4, -0.2) is 28.5 Å². The number of alkyl halides is 1. The zero-order chi connectivity index (χ0) is 16.5. The summed E-state index contributed by atoms with van der Waals surface area (Å²) in [5, 5.41) is 0. The highest BCUT2D eigenvalue weighted by molar-refractivity contribution is 14.1. The second kappa shape index (κ2) is 10.4. The Labute approximate surface area is 153 Å². The molecular formula is C19H27IO3. The maximum absolute atomic E-state index is 10.8. The average molecular weight is 430 g/mol. The first-order valence-corrected chi connectivity index (χ1v) is 9.87. The van der Waals surface area contributed by atoms with Crippen LogP contribution in [0, 0.1) is 0 Å². The van der Waals surface area contributed by atoms with Gasteiger partial charge in [-0.3, -0.25) is 0 Å². The van der Waals surface area contributed by atoms with Gasteiger partial charge in [0.05, 0.1) is 24.9 Å². The minimum atomic E-state index is 0.00985. The molecule has 0 bridgehead atoms. The lowest BCUT2D eigenvalue weighted by Crippen LogP contribution is -2.31. The smallest absolute Gasteiger partial charge is 0.120 e. The van der Waals surface area contributed by atoms with Crippen molar-refractivity contribution in [3.63, 3.8) is 0 Å². The highest BCUT2D eigenvalue weighted by atomic mass is 127. The van der Waals surface area contributed by atoms with Gasteiger partial charge < -0.3 is 14.3 Å². The molecule has 0 aliphatic carbocycles. The van der Waals surface area contributed by atoms with Crippen LogP contribution in [0.1, 0.15) is 51.0 Å². The zero-order valence-corrected chi connectivity index (χ0v) is 16.0. The van der Waals surface area contributed by atoms with Gasteiger partial charge in [0.15, 0.2) is 0 Å². The average Bonchev–Trinajstić information content (AvgIpc) is 3.06. The summed E-state index contributed by atoms with van der Waals surface area (Å²) in [6.07, 6.45) is 7.24. The quantitative estimate of drug-likeness (QED) is 0.307. The molecule has 1 aromatic rings. The molecule has 0 amide bonds. The van der Waals surface area contributed by atoms with Gasteiger partial charge in [0.1, 0.15) is 6.29 Å². The first kappa shape index (κ1) is 18.9. The Bertz CT molecular complexity index is 451. The molecule has 4 heteroatoms. The Morgan fingerprint density at radius 1 is 1.26 bits per heavy atom. The van der Waals surface area contributed by atoms with Gasteiger partial charge in [-0.2, -0.15) is 0 Å². The number of hydrogen-bond donors (Lipinski definition) is 0. The molecule has 1 aliphatic heterocycles. The third-order valence-corrected chi connectivity index (χ3v) is 5.77. The predicted molar refractivity (Wildman–Crippen MR) is 101 cm³/mol. The topological polar surface area (TPSA) is 35.5 Å². The summed E-state index contributed by atoms with van der Waals surface area (Å²) >= 11 is 2.51. The molecule has 0 radical (unpaired) electrons. The van der Waals surface area contributed by atoms with Crippen molar-refractivity contribution in [3.8, 4) is 0 Å². The van der Waals surface area contributed by atoms with Crippen LogP contribution in [0.25, 0.3) is 0 Å². The largest absolute Gasteiger partial charge is 0.371 e. The first-order chi connectivity index (χ1) is 11.2. The molecular weight excluding hydrogens is 403 g/mol. The van der Waals surface area contributed by atoms with Crippen LogP contribution in [-0.2, 0) is 20.9 Å². The van der Waals surface area contributed by atoms with E-state index in [2.05, 4.69) is 41.6 Å². The highest BCUT2D eigenvalue weighted by Crippen LogP contribution is 2.32. The lowest BCUT2D eigenvalue weighted by atomic mass is 10.0. The number of halogens is 1. The van der Waals surface area contributed by atoms with Crippen LogP contribution in [0.5, 0.6) is 0 Å². The minimum Gasteiger partial charge on any atom is -0.371 e. The summed E-state index contributed by atoms with van der Waals surface area (Å²) in [5.41, 5.74) is 1.16. The normalized spacial score (nSPS) is 23.6. The molecule has 1 heterocycles. The maximum Gasteiger partial charge on any atom is 0.120 e. The van der Waals surface area contributed by atoms with Crippen molar-refractivity contribution in [2.45, 2.75) is 74.3 Å². The Balaban J connectivity index is 1.89. The number of benzene rings is 1. The molecule has 1 saturated heterocycles. The van der Waals surface area contributed by atoms with Gasteiger partial charge in [-0.25, -0.2) is 0 Å². The van der Waals surface area contributed by atoms with Crippen LogP contribution >= 0.6 is 22.6 Å². The van der Waals surface area contributed by atoms with Gasteiger partial charge in [0.2, 0.25) is 0 Å². The van der Waals surface area contributed by atoms with E-state index < -0.39 is 0 Å². The van der Waals surface area contributed by atoms with Crippen molar-refractivity contribution in [1.29, 1.82) is 0 Å². The molecule has 0 N–H and O–H groups in total. The Morgan fingerprint density at radius 3 is 2.70 bits per heavy atom. The third kappa shape index (κ3) is 6.16. The number of rotatable bonds is 10. The molecule has 23 heavy (non-hydrogen) atoms. The monoisotopic (exact) mass is 430 g/mol. The summed E-state index contributed by atoms with van der Waals surface area (Å²) in [5.74, 6) is 0. The van der Waals surface area contributed by atoms with Crippen molar-refractivity contribution in [3.05, 3.63) is 35.9 Å². The van der Waals surface area contributed by atoms with Gasteiger partial charge in [0, 0.05) is 10.3 Å². The van der Waals surface area contributed by atoms with E-state index in [1.165, 1.54) is 12.8 Å². The molecule has 0 saturated carbocycles. The van der Waals surface area contributed by atoms with E-state index >= 15 is 0 Å². The fourth-order valence-electron chi connectivity index (χ4n) is 3.08. The van der Waals surface area contributed by atoms with Gasteiger partial charge in [-0.05, 0) is 31.2 Å². The van der Waals surface area contributed by atoms with E-state index in [0.29, 0.717) is 23.1 Å². The van der Waals surface area contributed by atoms with Crippen LogP contribution in [0.15, 0.2) is 30.3 Å². The fraction of sp³-hybridized carbons (Fsp3) is 0.632. The lowest BCUT2D eigenvalue weighted by Gasteiger charge is -2.25. The second-order valence-corrected chi connectivity index (χ2v) is 7.77. The molecule has 2 rings (SSSR count). The number of ether oxygens (including phenoxy) is 2. The Morgan fingerprint density at radius 2 is 2.00 bits per heavy atom. The van der Waals surface area contributed by atoms with E-state index in [1.807, 2.05) is 18.2 Å². The van der Waals surface area contributed by atoms with Gasteiger partial charge in [0.25, 0.3) is 0 Å². The van der Waals surface area contributed by atoms with E-state index in [1.54, 1.807) is 0 Å². The molecule has 128 valence electrons. The fourth-order valence-corrected chi connectivity index (χ4v) is 4.23. The van der Waals surface area contributed by atoms with Crippen molar-refractivity contribution in [2.24, 2.45) is 0 Å². The first-order valence-electron chi connectivity index (χ1n) is 8.63. The standard InChI is InChI=1S/C19H27IO3/c1-2-7-16(20)17-11-12-19(23-17)18(10-6-13-21)22-14-15-8-4-3-5-9-15/h3-5,8-9,13,16-19H,2,6-7,10-12,14H2,1H3/t16-,17-,18+,19-/m1/s1. The molecule has 1 aliphatic rings. The van der Waals surface area contributed by atoms with Crippen LogP contribution in [0.3, 0.4) is 0 Å². The summed E-state index contributed by atoms with van der Waals surface area (Å²) in [6, 6.07) is 10.2. The number of aldehydes is 1. The Kier molecular flexibility index (Phi) is 8.55. The van der Waals surface area contributed by atoms with E-state index in [0.717, 1.165) is 31.1 Å². The van der Waals surface area contributed by atoms with Crippen molar-refractivity contribution in [1.82, 2.24) is 0 Å². The number of hydrogen-bond acceptors (Lipinski definition) is 3. The molecule has 1 aromatic carbocycles. The van der Waals surface area contributed by atoms with Gasteiger partial charge in [-0.15, -0.1) is 0 Å². The van der Waals surface area contributed by atoms with E-state index in [9.17, 15) is 4.79 Å². The van der Waals surface area contributed by atoms with Crippen molar-refractivity contribution >= 4 is 28.9 Å². The molecule has 0 spiro atoms. The van der Waals surface area contributed by atoms with E-state index in [4.69, 9.17) is 9.47 Å². The molecule has 4 atom stereocenters. The van der Waals surface area contributed by atoms with Crippen LogP contribution in [0.4, 0.5) is 0 Å². The maximum atomic E-state index is 10.8. The molecule has 0 unspecified atom stereocenters. The van der Waals surface area contributed by atoms with Crippen LogP contribution in [0.2, 0.25) is 0 Å². The van der Waals surface area contributed by atoms with Crippen molar-refractivity contribution < 1.29 is 14.3 Å². The van der Waals surface area contributed by atoms with Gasteiger partial charge >= 0.3 is 0 Å². The second-order valence-electron chi connectivity index (χ2n) is 6.17. The van der Waals surface area contributed by atoms with Crippen molar-refractivity contribution in [2.75, 3.05) is 0 Å². The predicted octanol–water partition coefficient (Wildman–Crippen LogP) is 4.70. The number of carbonyl (C=O) groups is 1. The Hall–Kier alpha value is -0.460. The minimum absolute atomic E-state index is 0.00985. The summed E-state index contributed by atoms with van der Waals surface area (Å²) in [6.45, 7) is 2.80.